The molecule has 3 N–H and O–H groups in total. The number of rotatable bonds is 7. The second kappa shape index (κ2) is 10.3. The molecule has 0 fully saturated rings. The average molecular weight is 512 g/mol. The number of aldehydes is 1. The molecule has 0 aliphatic carbocycles. The van der Waals surface area contributed by atoms with Crippen LogP contribution in [0.25, 0.3) is 33.3 Å². The number of anilines is 3. The minimum absolute atomic E-state index is 0.178. The molecule has 0 saturated carbocycles. The molecule has 0 unspecified atom stereocenters. The van der Waals surface area contributed by atoms with Crippen molar-refractivity contribution in [2.45, 2.75) is 0 Å². The highest BCUT2D eigenvalue weighted by molar-refractivity contribution is 6.01. The molecule has 0 aliphatic heterocycles. The van der Waals surface area contributed by atoms with Gasteiger partial charge in [0, 0.05) is 40.0 Å². The lowest BCUT2D eigenvalue weighted by atomic mass is 10.0. The Morgan fingerprint density at radius 2 is 1.56 bits per heavy atom. The maximum Gasteiger partial charge on any atom is 0.228 e. The number of nitrogens with zero attached hydrogens (tertiary/aromatic N) is 5. The monoisotopic (exact) mass is 511 g/mol. The van der Waals surface area contributed by atoms with Gasteiger partial charge < -0.3 is 15.8 Å². The SMILES string of the molecule is Nc1nccc(-c2cccnc2Oc2ccc(Nc3nnc(-c4ccc(C=O)cc4)c4ccccc34)cc2)n1. The third-order valence-electron chi connectivity index (χ3n) is 6.06. The van der Waals surface area contributed by atoms with Crippen LogP contribution in [0.4, 0.5) is 17.5 Å². The number of carbonyl (C=O) groups excluding carboxylic acids is 1. The van der Waals surface area contributed by atoms with Gasteiger partial charge >= 0.3 is 0 Å². The van der Waals surface area contributed by atoms with Crippen molar-refractivity contribution in [3.8, 4) is 34.1 Å². The van der Waals surface area contributed by atoms with Crippen molar-refractivity contribution in [3.63, 3.8) is 0 Å². The van der Waals surface area contributed by atoms with Crippen LogP contribution in [0.15, 0.2) is 103 Å². The minimum Gasteiger partial charge on any atom is -0.438 e. The number of pyridine rings is 1. The number of aromatic nitrogens is 5. The molecule has 3 aromatic carbocycles. The smallest absolute Gasteiger partial charge is 0.228 e. The predicted molar refractivity (Wildman–Crippen MR) is 150 cm³/mol. The standard InChI is InChI=1S/C30H21N7O2/c31-30-33-17-15-26(35-30)25-6-3-16-32-29(25)39-22-13-11-21(12-14-22)34-28-24-5-2-1-4-23(24)27(36-37-28)20-9-7-19(18-38)8-10-20/h1-18H,(H,34,37)(H2,31,33,35). The van der Waals surface area contributed by atoms with Gasteiger partial charge in [0.05, 0.1) is 11.3 Å². The fourth-order valence-corrected chi connectivity index (χ4v) is 4.17. The summed E-state index contributed by atoms with van der Waals surface area (Å²) in [5.74, 6) is 1.82. The Morgan fingerprint density at radius 3 is 2.33 bits per heavy atom. The molecule has 3 heterocycles. The maximum atomic E-state index is 11.0. The molecule has 0 radical (unpaired) electrons. The summed E-state index contributed by atoms with van der Waals surface area (Å²) in [5.41, 5.74) is 10.1. The number of ether oxygens (including phenoxy) is 1. The molecule has 6 aromatic rings. The van der Waals surface area contributed by atoms with E-state index in [1.54, 1.807) is 30.6 Å². The van der Waals surface area contributed by atoms with E-state index in [0.29, 0.717) is 34.3 Å². The fraction of sp³-hybridized carbons (Fsp3) is 0. The molecule has 0 amide bonds. The van der Waals surface area contributed by atoms with E-state index in [0.717, 1.165) is 34.0 Å². The summed E-state index contributed by atoms with van der Waals surface area (Å²) in [4.78, 5) is 23.6. The number of nitrogens with one attached hydrogen (secondary N) is 1. The van der Waals surface area contributed by atoms with E-state index in [1.165, 1.54) is 0 Å². The summed E-state index contributed by atoms with van der Waals surface area (Å²) < 4.78 is 6.07. The molecule has 39 heavy (non-hydrogen) atoms. The van der Waals surface area contributed by atoms with Crippen molar-refractivity contribution in [1.82, 2.24) is 25.1 Å². The van der Waals surface area contributed by atoms with Gasteiger partial charge in [-0.3, -0.25) is 4.79 Å². The van der Waals surface area contributed by atoms with Gasteiger partial charge in [-0.25, -0.2) is 15.0 Å². The quantitative estimate of drug-likeness (QED) is 0.245. The van der Waals surface area contributed by atoms with Gasteiger partial charge in [-0.1, -0.05) is 48.5 Å². The van der Waals surface area contributed by atoms with Crippen LogP contribution < -0.4 is 15.8 Å². The van der Waals surface area contributed by atoms with Gasteiger partial charge in [-0.15, -0.1) is 10.2 Å². The molecule has 9 nitrogen and oxygen atoms in total. The minimum atomic E-state index is 0.178. The second-order valence-corrected chi connectivity index (χ2v) is 8.59. The van der Waals surface area contributed by atoms with Crippen molar-refractivity contribution in [3.05, 3.63) is 109 Å². The third kappa shape index (κ3) is 4.96. The van der Waals surface area contributed by atoms with Gasteiger partial charge in [-0.2, -0.15) is 0 Å². The van der Waals surface area contributed by atoms with Crippen molar-refractivity contribution in [2.24, 2.45) is 0 Å². The molecule has 6 rings (SSSR count). The largest absolute Gasteiger partial charge is 0.438 e. The van der Waals surface area contributed by atoms with Gasteiger partial charge in [0.1, 0.15) is 17.7 Å². The Kier molecular flexibility index (Phi) is 6.28. The lowest BCUT2D eigenvalue weighted by Crippen LogP contribution is -1.99. The molecule has 0 atom stereocenters. The second-order valence-electron chi connectivity index (χ2n) is 8.59. The van der Waals surface area contributed by atoms with Crippen LogP contribution in [0.2, 0.25) is 0 Å². The highest BCUT2D eigenvalue weighted by atomic mass is 16.5. The molecule has 9 heteroatoms. The van der Waals surface area contributed by atoms with Crippen molar-refractivity contribution >= 4 is 34.5 Å². The number of benzene rings is 3. The summed E-state index contributed by atoms with van der Waals surface area (Å²) >= 11 is 0. The van der Waals surface area contributed by atoms with Crippen LogP contribution in [-0.2, 0) is 0 Å². The number of nitrogen functional groups attached to an aromatic ring is 1. The van der Waals surface area contributed by atoms with E-state index in [4.69, 9.17) is 10.5 Å². The zero-order valence-electron chi connectivity index (χ0n) is 20.5. The molecular formula is C30H21N7O2. The highest BCUT2D eigenvalue weighted by Crippen LogP contribution is 2.33. The number of fused-ring (bicyclic) bond motifs is 1. The number of carbonyl (C=O) groups is 1. The predicted octanol–water partition coefficient (Wildman–Crippen LogP) is 6.08. The molecule has 0 bridgehead atoms. The molecule has 188 valence electrons. The number of hydrogen-bond acceptors (Lipinski definition) is 9. The van der Waals surface area contributed by atoms with E-state index in [-0.39, 0.29) is 5.95 Å². The van der Waals surface area contributed by atoms with Crippen molar-refractivity contribution < 1.29 is 9.53 Å². The van der Waals surface area contributed by atoms with Crippen LogP contribution in [0.1, 0.15) is 10.4 Å². The number of nitrogens with two attached hydrogens (primary N) is 1. The van der Waals surface area contributed by atoms with Crippen LogP contribution in [0.3, 0.4) is 0 Å². The van der Waals surface area contributed by atoms with Gasteiger partial charge in [0.15, 0.2) is 5.82 Å². The van der Waals surface area contributed by atoms with E-state index in [9.17, 15) is 4.79 Å². The Balaban J connectivity index is 1.25. The third-order valence-corrected chi connectivity index (χ3v) is 6.06. The molecule has 0 aliphatic rings. The first-order chi connectivity index (χ1) is 19.2. The van der Waals surface area contributed by atoms with Gasteiger partial charge in [0.2, 0.25) is 11.8 Å². The highest BCUT2D eigenvalue weighted by Gasteiger charge is 2.13. The maximum absolute atomic E-state index is 11.0. The zero-order valence-corrected chi connectivity index (χ0v) is 20.5. The Bertz CT molecular complexity index is 1790. The van der Waals surface area contributed by atoms with E-state index < -0.39 is 0 Å². The first-order valence-electron chi connectivity index (χ1n) is 12.1. The van der Waals surface area contributed by atoms with Gasteiger partial charge in [0.25, 0.3) is 0 Å². The Hall–Kier alpha value is -5.70. The summed E-state index contributed by atoms with van der Waals surface area (Å²) in [6, 6.07) is 28.1. The summed E-state index contributed by atoms with van der Waals surface area (Å²) in [6.45, 7) is 0. The Labute approximate surface area is 223 Å². The fourth-order valence-electron chi connectivity index (χ4n) is 4.17. The van der Waals surface area contributed by atoms with Crippen LogP contribution >= 0.6 is 0 Å². The van der Waals surface area contributed by atoms with Crippen LogP contribution in [0.5, 0.6) is 11.6 Å². The summed E-state index contributed by atoms with van der Waals surface area (Å²) in [7, 11) is 0. The first kappa shape index (κ1) is 23.7. The van der Waals surface area contributed by atoms with E-state index in [2.05, 4.69) is 30.5 Å². The molecule has 3 aromatic heterocycles. The lowest BCUT2D eigenvalue weighted by molar-refractivity contribution is 0.112. The normalized spacial score (nSPS) is 10.8. The summed E-state index contributed by atoms with van der Waals surface area (Å²) in [6.07, 6.45) is 4.07. The lowest BCUT2D eigenvalue weighted by Gasteiger charge is -2.12. The van der Waals surface area contributed by atoms with Gasteiger partial charge in [-0.05, 0) is 42.5 Å². The van der Waals surface area contributed by atoms with E-state index in [1.807, 2.05) is 72.8 Å². The molecular weight excluding hydrogens is 490 g/mol. The van der Waals surface area contributed by atoms with E-state index >= 15 is 0 Å². The van der Waals surface area contributed by atoms with Crippen molar-refractivity contribution in [2.75, 3.05) is 11.1 Å². The van der Waals surface area contributed by atoms with Crippen LogP contribution in [-0.4, -0.2) is 31.4 Å². The number of hydrogen-bond donors (Lipinski definition) is 2. The average Bonchev–Trinajstić information content (AvgIpc) is 2.99. The Morgan fingerprint density at radius 1 is 0.769 bits per heavy atom. The topological polar surface area (TPSA) is 129 Å². The van der Waals surface area contributed by atoms with Crippen LogP contribution in [0, 0.1) is 0 Å². The summed E-state index contributed by atoms with van der Waals surface area (Å²) in [5, 5.41) is 14.2. The molecule has 0 spiro atoms. The first-order valence-corrected chi connectivity index (χ1v) is 12.1. The van der Waals surface area contributed by atoms with Crippen molar-refractivity contribution in [1.29, 1.82) is 0 Å². The zero-order chi connectivity index (χ0) is 26.6. The molecule has 0 saturated heterocycles.